The van der Waals surface area contributed by atoms with Gasteiger partial charge in [-0.25, -0.2) is 0 Å². The van der Waals surface area contributed by atoms with Crippen molar-refractivity contribution < 1.29 is 5.11 Å². The van der Waals surface area contributed by atoms with Crippen LogP contribution in [0.25, 0.3) is 0 Å². The highest BCUT2D eigenvalue weighted by Crippen LogP contribution is 2.26. The summed E-state index contributed by atoms with van der Waals surface area (Å²) in [6.07, 6.45) is 4.17. The zero-order chi connectivity index (χ0) is 10.7. The summed E-state index contributed by atoms with van der Waals surface area (Å²) in [5, 5.41) is 12.7. The number of aromatic hydroxyl groups is 1. The quantitative estimate of drug-likeness (QED) is 0.792. The monoisotopic (exact) mass is 205 g/mol. The average molecular weight is 205 g/mol. The largest absolute Gasteiger partial charge is 0.508 e. The van der Waals surface area contributed by atoms with Gasteiger partial charge in [-0.05, 0) is 49.9 Å². The molecule has 0 aromatic heterocycles. The minimum atomic E-state index is 0.338. The molecule has 2 N–H and O–H groups in total. The number of benzene rings is 1. The van der Waals surface area contributed by atoms with Gasteiger partial charge >= 0.3 is 0 Å². The molecular weight excluding hydrogens is 186 g/mol. The molecule has 82 valence electrons. The summed E-state index contributed by atoms with van der Waals surface area (Å²) >= 11 is 0. The third-order valence-electron chi connectivity index (χ3n) is 3.33. The van der Waals surface area contributed by atoms with E-state index in [0.717, 1.165) is 12.5 Å². The lowest BCUT2D eigenvalue weighted by atomic mass is 9.85. The summed E-state index contributed by atoms with van der Waals surface area (Å²) in [7, 11) is 0. The van der Waals surface area contributed by atoms with Crippen LogP contribution in [-0.2, 0) is 0 Å². The highest BCUT2D eigenvalue weighted by atomic mass is 16.3. The van der Waals surface area contributed by atoms with E-state index in [1.165, 1.54) is 24.8 Å². The van der Waals surface area contributed by atoms with Gasteiger partial charge in [0.1, 0.15) is 5.75 Å². The second-order valence-electron chi connectivity index (χ2n) is 4.52. The molecule has 1 saturated carbocycles. The van der Waals surface area contributed by atoms with Crippen LogP contribution in [0.5, 0.6) is 5.75 Å². The minimum Gasteiger partial charge on any atom is -0.508 e. The van der Waals surface area contributed by atoms with Gasteiger partial charge in [0.2, 0.25) is 0 Å². The van der Waals surface area contributed by atoms with Gasteiger partial charge in [-0.2, -0.15) is 0 Å². The molecule has 0 heterocycles. The SMILES string of the molecule is CC(NCC1CCC1)c1ccc(O)cc1. The van der Waals surface area contributed by atoms with E-state index in [2.05, 4.69) is 12.2 Å². The second-order valence-corrected chi connectivity index (χ2v) is 4.52. The zero-order valence-corrected chi connectivity index (χ0v) is 9.24. The maximum atomic E-state index is 9.18. The van der Waals surface area contributed by atoms with Gasteiger partial charge in [0.05, 0.1) is 0 Å². The summed E-state index contributed by atoms with van der Waals surface area (Å²) in [6.45, 7) is 3.30. The summed E-state index contributed by atoms with van der Waals surface area (Å²) < 4.78 is 0. The molecule has 1 aliphatic carbocycles. The van der Waals surface area contributed by atoms with Crippen molar-refractivity contribution in [2.24, 2.45) is 5.92 Å². The third kappa shape index (κ3) is 2.72. The zero-order valence-electron chi connectivity index (χ0n) is 9.24. The normalized spacial score (nSPS) is 18.5. The van der Waals surface area contributed by atoms with E-state index < -0.39 is 0 Å². The Hall–Kier alpha value is -1.02. The van der Waals surface area contributed by atoms with E-state index in [4.69, 9.17) is 0 Å². The van der Waals surface area contributed by atoms with Crippen molar-refractivity contribution in [1.29, 1.82) is 0 Å². The Balaban J connectivity index is 1.83. The molecule has 1 fully saturated rings. The Labute approximate surface area is 91.3 Å². The highest BCUT2D eigenvalue weighted by molar-refractivity contribution is 5.27. The number of phenols is 1. The van der Waals surface area contributed by atoms with Crippen LogP contribution < -0.4 is 5.32 Å². The minimum absolute atomic E-state index is 0.338. The van der Waals surface area contributed by atoms with Crippen LogP contribution in [0.3, 0.4) is 0 Å². The predicted molar refractivity (Wildman–Crippen MR) is 61.9 cm³/mol. The second kappa shape index (κ2) is 4.67. The van der Waals surface area contributed by atoms with Crippen molar-refractivity contribution in [1.82, 2.24) is 5.32 Å². The summed E-state index contributed by atoms with van der Waals surface area (Å²) in [4.78, 5) is 0. The van der Waals surface area contributed by atoms with Crippen LogP contribution in [0.4, 0.5) is 0 Å². The van der Waals surface area contributed by atoms with Gasteiger partial charge in [0.15, 0.2) is 0 Å². The van der Waals surface area contributed by atoms with E-state index in [1.54, 1.807) is 12.1 Å². The Morgan fingerprint density at radius 1 is 1.33 bits per heavy atom. The van der Waals surface area contributed by atoms with Crippen LogP contribution in [0.15, 0.2) is 24.3 Å². The first-order chi connectivity index (χ1) is 7.25. The van der Waals surface area contributed by atoms with Gasteiger partial charge in [-0.15, -0.1) is 0 Å². The molecule has 1 aliphatic rings. The number of nitrogens with one attached hydrogen (secondary N) is 1. The molecular formula is C13H19NO. The topological polar surface area (TPSA) is 32.3 Å². The van der Waals surface area contributed by atoms with Gasteiger partial charge in [-0.1, -0.05) is 18.6 Å². The van der Waals surface area contributed by atoms with Crippen LogP contribution in [-0.4, -0.2) is 11.7 Å². The maximum absolute atomic E-state index is 9.18. The molecule has 2 rings (SSSR count). The van der Waals surface area contributed by atoms with E-state index in [0.29, 0.717) is 11.8 Å². The molecule has 1 atom stereocenters. The molecule has 0 radical (unpaired) electrons. The predicted octanol–water partition coefficient (Wildman–Crippen LogP) is 2.84. The van der Waals surface area contributed by atoms with Crippen LogP contribution >= 0.6 is 0 Å². The third-order valence-corrected chi connectivity index (χ3v) is 3.33. The lowest BCUT2D eigenvalue weighted by Gasteiger charge is -2.27. The average Bonchev–Trinajstić information content (AvgIpc) is 2.16. The Bertz CT molecular complexity index is 303. The van der Waals surface area contributed by atoms with Gasteiger partial charge < -0.3 is 10.4 Å². The standard InChI is InChI=1S/C13H19NO/c1-10(14-9-11-3-2-4-11)12-5-7-13(15)8-6-12/h5-8,10-11,14-15H,2-4,9H2,1H3. The smallest absolute Gasteiger partial charge is 0.115 e. The lowest BCUT2D eigenvalue weighted by Crippen LogP contribution is -2.29. The Morgan fingerprint density at radius 3 is 2.53 bits per heavy atom. The van der Waals surface area contributed by atoms with E-state index in [1.807, 2.05) is 12.1 Å². The fraction of sp³-hybridized carbons (Fsp3) is 0.538. The summed E-state index contributed by atoms with van der Waals surface area (Å²) in [6, 6.07) is 7.83. The molecule has 0 aliphatic heterocycles. The van der Waals surface area contributed by atoms with Crippen molar-refractivity contribution in [3.8, 4) is 5.75 Å². The Morgan fingerprint density at radius 2 is 2.00 bits per heavy atom. The number of hydrogen-bond acceptors (Lipinski definition) is 2. The summed E-state index contributed by atoms with van der Waals surface area (Å²) in [5.74, 6) is 1.23. The highest BCUT2D eigenvalue weighted by Gasteiger charge is 2.17. The van der Waals surface area contributed by atoms with Gasteiger partial charge in [0.25, 0.3) is 0 Å². The maximum Gasteiger partial charge on any atom is 0.115 e. The van der Waals surface area contributed by atoms with Crippen LogP contribution in [0.1, 0.15) is 37.8 Å². The number of hydrogen-bond donors (Lipinski definition) is 2. The number of rotatable bonds is 4. The van der Waals surface area contributed by atoms with Gasteiger partial charge in [-0.3, -0.25) is 0 Å². The lowest BCUT2D eigenvalue weighted by molar-refractivity contribution is 0.292. The van der Waals surface area contributed by atoms with Crippen LogP contribution in [0.2, 0.25) is 0 Å². The van der Waals surface area contributed by atoms with E-state index >= 15 is 0 Å². The van der Waals surface area contributed by atoms with Crippen molar-refractivity contribution in [3.05, 3.63) is 29.8 Å². The molecule has 1 unspecified atom stereocenters. The molecule has 2 heteroatoms. The molecule has 1 aromatic rings. The molecule has 0 saturated heterocycles. The molecule has 15 heavy (non-hydrogen) atoms. The van der Waals surface area contributed by atoms with Crippen molar-refractivity contribution in [2.75, 3.05) is 6.54 Å². The molecule has 2 nitrogen and oxygen atoms in total. The van der Waals surface area contributed by atoms with Crippen LogP contribution in [0, 0.1) is 5.92 Å². The van der Waals surface area contributed by atoms with E-state index in [-0.39, 0.29) is 0 Å². The Kier molecular flexibility index (Phi) is 3.27. The van der Waals surface area contributed by atoms with Crippen molar-refractivity contribution in [3.63, 3.8) is 0 Å². The molecule has 0 bridgehead atoms. The van der Waals surface area contributed by atoms with Crippen molar-refractivity contribution >= 4 is 0 Å². The number of phenolic OH excluding ortho intramolecular Hbond substituents is 1. The van der Waals surface area contributed by atoms with Crippen molar-refractivity contribution in [2.45, 2.75) is 32.2 Å². The molecule has 0 spiro atoms. The summed E-state index contributed by atoms with van der Waals surface area (Å²) in [5.41, 5.74) is 1.24. The molecule has 0 amide bonds. The fourth-order valence-corrected chi connectivity index (χ4v) is 1.92. The van der Waals surface area contributed by atoms with Gasteiger partial charge in [0, 0.05) is 6.04 Å². The van der Waals surface area contributed by atoms with E-state index in [9.17, 15) is 5.11 Å². The first-order valence-electron chi connectivity index (χ1n) is 5.78. The fourth-order valence-electron chi connectivity index (χ4n) is 1.92. The first kappa shape index (κ1) is 10.5. The molecule has 1 aromatic carbocycles. The first-order valence-corrected chi connectivity index (χ1v) is 5.78.